The summed E-state index contributed by atoms with van der Waals surface area (Å²) < 4.78 is 5.30. The van der Waals surface area contributed by atoms with E-state index in [1.165, 1.54) is 0 Å². The monoisotopic (exact) mass is 286 g/mol. The number of ether oxygens (including phenoxy) is 1. The SMILES string of the molecule is COc1ccccc1CCNC(=O)Cc1cc(C)[nH]c1C. The third-order valence-corrected chi connectivity index (χ3v) is 3.52. The van der Waals surface area contributed by atoms with Crippen molar-refractivity contribution in [3.8, 4) is 5.75 Å². The van der Waals surface area contributed by atoms with Crippen LogP contribution in [0.25, 0.3) is 0 Å². The largest absolute Gasteiger partial charge is 0.496 e. The molecule has 1 heterocycles. The Bertz CT molecular complexity index is 617. The lowest BCUT2D eigenvalue weighted by molar-refractivity contribution is -0.120. The average molecular weight is 286 g/mol. The van der Waals surface area contributed by atoms with Gasteiger partial charge >= 0.3 is 0 Å². The van der Waals surface area contributed by atoms with Crippen LogP contribution in [0.5, 0.6) is 5.75 Å². The molecule has 0 fully saturated rings. The van der Waals surface area contributed by atoms with Crippen LogP contribution in [0.3, 0.4) is 0 Å². The van der Waals surface area contributed by atoms with Crippen LogP contribution >= 0.6 is 0 Å². The molecule has 0 aliphatic carbocycles. The van der Waals surface area contributed by atoms with Crippen molar-refractivity contribution in [3.63, 3.8) is 0 Å². The minimum atomic E-state index is 0.0481. The Labute approximate surface area is 125 Å². The first-order valence-electron chi connectivity index (χ1n) is 7.14. The van der Waals surface area contributed by atoms with E-state index in [0.29, 0.717) is 13.0 Å². The van der Waals surface area contributed by atoms with Crippen molar-refractivity contribution < 1.29 is 9.53 Å². The van der Waals surface area contributed by atoms with Gasteiger partial charge in [-0.3, -0.25) is 4.79 Å². The van der Waals surface area contributed by atoms with E-state index in [-0.39, 0.29) is 5.91 Å². The highest BCUT2D eigenvalue weighted by atomic mass is 16.5. The van der Waals surface area contributed by atoms with Gasteiger partial charge in [-0.2, -0.15) is 0 Å². The molecular weight excluding hydrogens is 264 g/mol. The van der Waals surface area contributed by atoms with Crippen LogP contribution < -0.4 is 10.1 Å². The molecule has 2 N–H and O–H groups in total. The maximum atomic E-state index is 12.0. The van der Waals surface area contributed by atoms with Gasteiger partial charge in [0.1, 0.15) is 5.75 Å². The molecular formula is C17H22N2O2. The topological polar surface area (TPSA) is 54.1 Å². The zero-order chi connectivity index (χ0) is 15.2. The smallest absolute Gasteiger partial charge is 0.224 e. The van der Waals surface area contributed by atoms with Crippen molar-refractivity contribution in [1.82, 2.24) is 10.3 Å². The zero-order valence-corrected chi connectivity index (χ0v) is 12.8. The number of methoxy groups -OCH3 is 1. The van der Waals surface area contributed by atoms with E-state index in [2.05, 4.69) is 10.3 Å². The lowest BCUT2D eigenvalue weighted by Gasteiger charge is -2.09. The second-order valence-electron chi connectivity index (χ2n) is 5.19. The molecule has 0 unspecified atom stereocenters. The number of benzene rings is 1. The molecule has 1 aromatic carbocycles. The summed E-state index contributed by atoms with van der Waals surface area (Å²) in [6.07, 6.45) is 1.18. The van der Waals surface area contributed by atoms with Crippen LogP contribution in [0.15, 0.2) is 30.3 Å². The fourth-order valence-corrected chi connectivity index (χ4v) is 2.45. The molecule has 0 radical (unpaired) electrons. The molecule has 0 aliphatic heterocycles. The number of rotatable bonds is 6. The predicted molar refractivity (Wildman–Crippen MR) is 83.7 cm³/mol. The van der Waals surface area contributed by atoms with E-state index in [0.717, 1.165) is 34.7 Å². The second kappa shape index (κ2) is 6.97. The van der Waals surface area contributed by atoms with Crippen molar-refractivity contribution in [2.45, 2.75) is 26.7 Å². The Balaban J connectivity index is 1.83. The lowest BCUT2D eigenvalue weighted by atomic mass is 10.1. The molecule has 0 spiro atoms. The molecule has 0 saturated carbocycles. The Morgan fingerprint density at radius 3 is 2.67 bits per heavy atom. The lowest BCUT2D eigenvalue weighted by Crippen LogP contribution is -2.27. The maximum Gasteiger partial charge on any atom is 0.224 e. The number of carbonyl (C=O) groups excluding carboxylic acids is 1. The molecule has 4 nitrogen and oxygen atoms in total. The number of carbonyl (C=O) groups is 1. The zero-order valence-electron chi connectivity index (χ0n) is 12.8. The van der Waals surface area contributed by atoms with Crippen LogP contribution in [0.2, 0.25) is 0 Å². The number of aryl methyl sites for hydroxylation is 2. The molecule has 0 aliphatic rings. The number of hydrogen-bond acceptors (Lipinski definition) is 2. The molecule has 1 amide bonds. The van der Waals surface area contributed by atoms with E-state index < -0.39 is 0 Å². The Morgan fingerprint density at radius 2 is 2.00 bits per heavy atom. The summed E-state index contributed by atoms with van der Waals surface area (Å²) >= 11 is 0. The fourth-order valence-electron chi connectivity index (χ4n) is 2.45. The molecule has 112 valence electrons. The Morgan fingerprint density at radius 1 is 1.24 bits per heavy atom. The number of aromatic amines is 1. The van der Waals surface area contributed by atoms with E-state index in [1.807, 2.05) is 44.2 Å². The maximum absolute atomic E-state index is 12.0. The number of para-hydroxylation sites is 1. The molecule has 0 saturated heterocycles. The minimum absolute atomic E-state index is 0.0481. The molecule has 4 heteroatoms. The minimum Gasteiger partial charge on any atom is -0.496 e. The second-order valence-corrected chi connectivity index (χ2v) is 5.19. The number of H-pyrrole nitrogens is 1. The summed E-state index contributed by atoms with van der Waals surface area (Å²) in [7, 11) is 1.66. The number of aromatic nitrogens is 1. The van der Waals surface area contributed by atoms with Crippen LogP contribution in [0.4, 0.5) is 0 Å². The van der Waals surface area contributed by atoms with E-state index in [9.17, 15) is 4.79 Å². The molecule has 2 aromatic rings. The number of nitrogens with one attached hydrogen (secondary N) is 2. The molecule has 2 rings (SSSR count). The predicted octanol–water partition coefficient (Wildman–Crippen LogP) is 2.54. The van der Waals surface area contributed by atoms with E-state index >= 15 is 0 Å². The summed E-state index contributed by atoms with van der Waals surface area (Å²) in [5.74, 6) is 0.913. The van der Waals surface area contributed by atoms with Gasteiger partial charge in [0.05, 0.1) is 13.5 Å². The third-order valence-electron chi connectivity index (χ3n) is 3.52. The number of hydrogen-bond donors (Lipinski definition) is 2. The molecule has 1 aromatic heterocycles. The highest BCUT2D eigenvalue weighted by molar-refractivity contribution is 5.78. The van der Waals surface area contributed by atoms with Gasteiger partial charge in [0, 0.05) is 17.9 Å². The van der Waals surface area contributed by atoms with Crippen LogP contribution in [-0.4, -0.2) is 24.5 Å². The Kier molecular flexibility index (Phi) is 5.04. The normalized spacial score (nSPS) is 10.4. The van der Waals surface area contributed by atoms with Crippen LogP contribution in [-0.2, 0) is 17.6 Å². The summed E-state index contributed by atoms with van der Waals surface area (Å²) in [4.78, 5) is 15.2. The van der Waals surface area contributed by atoms with Crippen LogP contribution in [0.1, 0.15) is 22.5 Å². The number of amides is 1. The van der Waals surface area contributed by atoms with E-state index in [4.69, 9.17) is 4.74 Å². The van der Waals surface area contributed by atoms with Crippen molar-refractivity contribution in [3.05, 3.63) is 52.8 Å². The van der Waals surface area contributed by atoms with Gasteiger partial charge in [0.25, 0.3) is 0 Å². The van der Waals surface area contributed by atoms with Gasteiger partial charge in [-0.1, -0.05) is 18.2 Å². The summed E-state index contributed by atoms with van der Waals surface area (Å²) in [5, 5.41) is 2.96. The van der Waals surface area contributed by atoms with Crippen LogP contribution in [0, 0.1) is 13.8 Å². The van der Waals surface area contributed by atoms with Crippen molar-refractivity contribution in [1.29, 1.82) is 0 Å². The van der Waals surface area contributed by atoms with Crippen molar-refractivity contribution in [2.24, 2.45) is 0 Å². The highest BCUT2D eigenvalue weighted by Crippen LogP contribution is 2.17. The van der Waals surface area contributed by atoms with Crippen molar-refractivity contribution >= 4 is 5.91 Å². The standard InChI is InChI=1S/C17H22N2O2/c1-12-10-15(13(2)19-12)11-17(20)18-9-8-14-6-4-5-7-16(14)21-3/h4-7,10,19H,8-9,11H2,1-3H3,(H,18,20). The van der Waals surface area contributed by atoms with Gasteiger partial charge in [-0.05, 0) is 43.5 Å². The summed E-state index contributed by atoms with van der Waals surface area (Å²) in [5.41, 5.74) is 4.31. The molecule has 0 atom stereocenters. The van der Waals surface area contributed by atoms with Gasteiger partial charge in [0.2, 0.25) is 5.91 Å². The molecule has 0 bridgehead atoms. The first-order valence-corrected chi connectivity index (χ1v) is 7.14. The first kappa shape index (κ1) is 15.2. The molecule has 21 heavy (non-hydrogen) atoms. The van der Waals surface area contributed by atoms with Gasteiger partial charge in [-0.15, -0.1) is 0 Å². The van der Waals surface area contributed by atoms with Gasteiger partial charge in [0.15, 0.2) is 0 Å². The van der Waals surface area contributed by atoms with E-state index in [1.54, 1.807) is 7.11 Å². The fraction of sp³-hybridized carbons (Fsp3) is 0.353. The summed E-state index contributed by atoms with van der Waals surface area (Å²) in [6, 6.07) is 9.90. The first-order chi connectivity index (χ1) is 10.1. The average Bonchev–Trinajstić information content (AvgIpc) is 2.77. The highest BCUT2D eigenvalue weighted by Gasteiger charge is 2.08. The Hall–Kier alpha value is -2.23. The van der Waals surface area contributed by atoms with Gasteiger partial charge < -0.3 is 15.0 Å². The quantitative estimate of drug-likeness (QED) is 0.857. The van der Waals surface area contributed by atoms with Gasteiger partial charge in [-0.25, -0.2) is 0 Å². The van der Waals surface area contributed by atoms with Crippen molar-refractivity contribution in [2.75, 3.05) is 13.7 Å². The summed E-state index contributed by atoms with van der Waals surface area (Å²) in [6.45, 7) is 4.60. The third kappa shape index (κ3) is 4.12.